The quantitative estimate of drug-likeness (QED) is 0.808. The van der Waals surface area contributed by atoms with Gasteiger partial charge in [-0.25, -0.2) is 8.42 Å². The Hall–Kier alpha value is -1.27. The Labute approximate surface area is 121 Å². The smallest absolute Gasteiger partial charge is 0.211 e. The highest BCUT2D eigenvalue weighted by molar-refractivity contribution is 7.88. The average molecular weight is 297 g/mol. The fourth-order valence-corrected chi connectivity index (χ4v) is 3.12. The number of rotatable bonds is 6. The standard InChI is InChI=1S/C14H23N3O2S/c1-16(2)14-7-6-13(15)8-12(14)10-17(20(3,18)19)9-11-4-5-11/h6-8,11H,4-5,9-10,15H2,1-3H3. The normalized spacial score (nSPS) is 15.6. The molecule has 0 saturated heterocycles. The largest absolute Gasteiger partial charge is 0.399 e. The Balaban J connectivity index is 2.27. The lowest BCUT2D eigenvalue weighted by molar-refractivity contribution is 0.395. The Morgan fingerprint density at radius 1 is 1.30 bits per heavy atom. The third-order valence-electron chi connectivity index (χ3n) is 3.56. The van der Waals surface area contributed by atoms with Crippen LogP contribution in [0.5, 0.6) is 0 Å². The number of nitrogens with zero attached hydrogens (tertiary/aromatic N) is 2. The highest BCUT2D eigenvalue weighted by Crippen LogP contribution is 2.32. The SMILES string of the molecule is CN(C)c1ccc(N)cc1CN(CC1CC1)S(C)(=O)=O. The summed E-state index contributed by atoms with van der Waals surface area (Å²) in [5.41, 5.74) is 8.45. The predicted octanol–water partition coefficient (Wildman–Crippen LogP) is 1.51. The van der Waals surface area contributed by atoms with Gasteiger partial charge in [0.05, 0.1) is 6.26 Å². The minimum atomic E-state index is -3.20. The molecule has 20 heavy (non-hydrogen) atoms. The van der Waals surface area contributed by atoms with Gasteiger partial charge in [-0.15, -0.1) is 0 Å². The molecular formula is C14H23N3O2S. The van der Waals surface area contributed by atoms with Gasteiger partial charge >= 0.3 is 0 Å². The van der Waals surface area contributed by atoms with Crippen LogP contribution in [0.15, 0.2) is 18.2 Å². The van der Waals surface area contributed by atoms with Crippen molar-refractivity contribution in [2.24, 2.45) is 5.92 Å². The zero-order chi connectivity index (χ0) is 14.9. The van der Waals surface area contributed by atoms with Crippen molar-refractivity contribution in [3.8, 4) is 0 Å². The molecule has 0 heterocycles. The van der Waals surface area contributed by atoms with E-state index in [1.165, 1.54) is 6.26 Å². The molecule has 6 heteroatoms. The first-order valence-electron chi connectivity index (χ1n) is 6.78. The molecule has 0 radical (unpaired) electrons. The third kappa shape index (κ3) is 3.86. The molecule has 2 rings (SSSR count). The van der Waals surface area contributed by atoms with Crippen molar-refractivity contribution in [2.75, 3.05) is 37.5 Å². The number of nitrogen functional groups attached to an aromatic ring is 1. The first kappa shape index (κ1) is 15.1. The maximum Gasteiger partial charge on any atom is 0.211 e. The minimum absolute atomic E-state index is 0.383. The molecule has 0 atom stereocenters. The van der Waals surface area contributed by atoms with Gasteiger partial charge in [-0.05, 0) is 42.5 Å². The lowest BCUT2D eigenvalue weighted by Crippen LogP contribution is -2.32. The molecule has 0 spiro atoms. The highest BCUT2D eigenvalue weighted by Gasteiger charge is 2.29. The molecule has 5 nitrogen and oxygen atoms in total. The zero-order valence-corrected chi connectivity index (χ0v) is 13.2. The van der Waals surface area contributed by atoms with Gasteiger partial charge in [-0.2, -0.15) is 4.31 Å². The Morgan fingerprint density at radius 2 is 1.95 bits per heavy atom. The molecule has 1 aromatic rings. The van der Waals surface area contributed by atoms with Gasteiger partial charge in [0.25, 0.3) is 0 Å². The summed E-state index contributed by atoms with van der Waals surface area (Å²) in [7, 11) is 0.691. The van der Waals surface area contributed by atoms with Gasteiger partial charge < -0.3 is 10.6 Å². The van der Waals surface area contributed by atoms with Crippen molar-refractivity contribution in [1.82, 2.24) is 4.31 Å². The van der Waals surface area contributed by atoms with E-state index in [1.54, 1.807) is 4.31 Å². The van der Waals surface area contributed by atoms with Crippen LogP contribution in [0.3, 0.4) is 0 Å². The Bertz CT molecular complexity index is 580. The predicted molar refractivity (Wildman–Crippen MR) is 83.2 cm³/mol. The first-order chi connectivity index (χ1) is 9.27. The molecular weight excluding hydrogens is 274 g/mol. The average Bonchev–Trinajstić information content (AvgIpc) is 3.10. The monoisotopic (exact) mass is 297 g/mol. The summed E-state index contributed by atoms with van der Waals surface area (Å²) >= 11 is 0. The van der Waals surface area contributed by atoms with Crippen LogP contribution in [0.25, 0.3) is 0 Å². The van der Waals surface area contributed by atoms with E-state index in [9.17, 15) is 8.42 Å². The molecule has 1 aliphatic carbocycles. The molecule has 1 aliphatic rings. The van der Waals surface area contributed by atoms with E-state index < -0.39 is 10.0 Å². The second-order valence-electron chi connectivity index (χ2n) is 5.78. The topological polar surface area (TPSA) is 66.6 Å². The summed E-state index contributed by atoms with van der Waals surface area (Å²) in [6.07, 6.45) is 3.53. The molecule has 2 N–H and O–H groups in total. The zero-order valence-electron chi connectivity index (χ0n) is 12.3. The minimum Gasteiger partial charge on any atom is -0.399 e. The molecule has 1 fully saturated rings. The number of benzene rings is 1. The van der Waals surface area contributed by atoms with Crippen LogP contribution in [0.2, 0.25) is 0 Å². The molecule has 112 valence electrons. The first-order valence-corrected chi connectivity index (χ1v) is 8.63. The number of hydrogen-bond acceptors (Lipinski definition) is 4. The molecule has 0 aromatic heterocycles. The summed E-state index contributed by atoms with van der Waals surface area (Å²) in [6.45, 7) is 0.994. The second-order valence-corrected chi connectivity index (χ2v) is 7.76. The maximum absolute atomic E-state index is 11.9. The molecule has 0 amide bonds. The Morgan fingerprint density at radius 3 is 2.45 bits per heavy atom. The van der Waals surface area contributed by atoms with E-state index in [0.29, 0.717) is 24.7 Å². The fourth-order valence-electron chi connectivity index (χ4n) is 2.26. The summed E-state index contributed by atoms with van der Waals surface area (Å²) in [6, 6.07) is 5.63. The molecule has 1 aromatic carbocycles. The highest BCUT2D eigenvalue weighted by atomic mass is 32.2. The van der Waals surface area contributed by atoms with E-state index in [4.69, 9.17) is 5.73 Å². The summed E-state index contributed by atoms with van der Waals surface area (Å²) < 4.78 is 25.5. The van der Waals surface area contributed by atoms with Gasteiger partial charge in [0.2, 0.25) is 10.0 Å². The van der Waals surface area contributed by atoms with E-state index in [1.807, 2.05) is 37.2 Å². The molecule has 0 bridgehead atoms. The van der Waals surface area contributed by atoms with E-state index in [2.05, 4.69) is 0 Å². The van der Waals surface area contributed by atoms with Gasteiger partial charge in [-0.1, -0.05) is 0 Å². The van der Waals surface area contributed by atoms with Gasteiger partial charge in [-0.3, -0.25) is 0 Å². The lowest BCUT2D eigenvalue weighted by atomic mass is 10.1. The van der Waals surface area contributed by atoms with Crippen molar-refractivity contribution < 1.29 is 8.42 Å². The van der Waals surface area contributed by atoms with Crippen LogP contribution < -0.4 is 10.6 Å². The second kappa shape index (κ2) is 5.61. The summed E-state index contributed by atoms with van der Waals surface area (Å²) in [5, 5.41) is 0. The van der Waals surface area contributed by atoms with E-state index in [-0.39, 0.29) is 0 Å². The number of sulfonamides is 1. The lowest BCUT2D eigenvalue weighted by Gasteiger charge is -2.24. The van der Waals surface area contributed by atoms with Crippen molar-refractivity contribution in [2.45, 2.75) is 19.4 Å². The number of hydrogen-bond donors (Lipinski definition) is 1. The summed E-state index contributed by atoms with van der Waals surface area (Å²) in [4.78, 5) is 1.98. The molecule has 0 aliphatic heterocycles. The molecule has 1 saturated carbocycles. The molecule has 0 unspecified atom stereocenters. The van der Waals surface area contributed by atoms with Gasteiger partial charge in [0.15, 0.2) is 0 Å². The van der Waals surface area contributed by atoms with Crippen molar-refractivity contribution >= 4 is 21.4 Å². The fraction of sp³-hybridized carbons (Fsp3) is 0.571. The van der Waals surface area contributed by atoms with Crippen molar-refractivity contribution in [3.05, 3.63) is 23.8 Å². The van der Waals surface area contributed by atoms with Crippen LogP contribution in [-0.2, 0) is 16.6 Å². The Kier molecular flexibility index (Phi) is 4.25. The maximum atomic E-state index is 11.9. The number of nitrogens with two attached hydrogens (primary N) is 1. The van der Waals surface area contributed by atoms with Crippen LogP contribution in [0.4, 0.5) is 11.4 Å². The third-order valence-corrected chi connectivity index (χ3v) is 4.78. The number of anilines is 2. The van der Waals surface area contributed by atoms with Gasteiger partial charge in [0, 0.05) is 38.6 Å². The van der Waals surface area contributed by atoms with Crippen molar-refractivity contribution in [3.63, 3.8) is 0 Å². The van der Waals surface area contributed by atoms with Crippen LogP contribution in [0, 0.1) is 5.92 Å². The van der Waals surface area contributed by atoms with Crippen molar-refractivity contribution in [1.29, 1.82) is 0 Å². The van der Waals surface area contributed by atoms with E-state index in [0.717, 1.165) is 24.1 Å². The van der Waals surface area contributed by atoms with Gasteiger partial charge in [0.1, 0.15) is 0 Å². The van der Waals surface area contributed by atoms with Crippen LogP contribution in [-0.4, -0.2) is 39.6 Å². The van der Waals surface area contributed by atoms with Crippen LogP contribution in [0.1, 0.15) is 18.4 Å². The summed E-state index contributed by atoms with van der Waals surface area (Å²) in [5.74, 6) is 0.522. The van der Waals surface area contributed by atoms with E-state index >= 15 is 0 Å². The van der Waals surface area contributed by atoms with Crippen LogP contribution >= 0.6 is 0 Å².